The highest BCUT2D eigenvalue weighted by atomic mass is 32.1. The fraction of sp³-hybridized carbons (Fsp3) is 0.462. The van der Waals surface area contributed by atoms with Crippen molar-refractivity contribution in [3.8, 4) is 23.0 Å². The second-order valence-corrected chi connectivity index (χ2v) is 10.3. The summed E-state index contributed by atoms with van der Waals surface area (Å²) in [5.74, 6) is 1.62. The van der Waals surface area contributed by atoms with Gasteiger partial charge in [0, 0.05) is 36.8 Å². The second kappa shape index (κ2) is 10.6. The van der Waals surface area contributed by atoms with Gasteiger partial charge in [-0.25, -0.2) is 19.6 Å². The van der Waals surface area contributed by atoms with Gasteiger partial charge in [-0.3, -0.25) is 4.90 Å². The number of aryl methyl sites for hydroxylation is 2. The van der Waals surface area contributed by atoms with Gasteiger partial charge in [-0.05, 0) is 44.7 Å². The van der Waals surface area contributed by atoms with Gasteiger partial charge < -0.3 is 19.4 Å². The maximum atomic E-state index is 5.59. The van der Waals surface area contributed by atoms with Crippen LogP contribution in [0.15, 0.2) is 30.0 Å². The molecule has 194 valence electrons. The van der Waals surface area contributed by atoms with Crippen molar-refractivity contribution in [3.05, 3.63) is 47.0 Å². The van der Waals surface area contributed by atoms with Gasteiger partial charge in [0.15, 0.2) is 5.13 Å². The number of thiazole rings is 1. The van der Waals surface area contributed by atoms with Crippen molar-refractivity contribution in [2.24, 2.45) is 0 Å². The predicted octanol–water partition coefficient (Wildman–Crippen LogP) is 3.86. The summed E-state index contributed by atoms with van der Waals surface area (Å²) in [6, 6.07) is 3.96. The lowest BCUT2D eigenvalue weighted by Gasteiger charge is -2.26. The molecule has 0 saturated carbocycles. The van der Waals surface area contributed by atoms with Gasteiger partial charge in [0.05, 0.1) is 50.3 Å². The standard InChI is InChI=1S/C26H32N8O2S/c1-18-15-33(17-27-18)23-8-7-21(28-25(23)35-2)22-16-37-26(29-22)30-24-19-5-3-4-6-20(19)31-34(24)10-9-32-11-13-36-14-12-32/h7-8,15-17H,3-6,9-14H2,1-2H3,(H,29,30). The molecule has 0 unspecified atom stereocenters. The maximum Gasteiger partial charge on any atom is 0.238 e. The first-order chi connectivity index (χ1) is 18.2. The highest BCUT2D eigenvalue weighted by Gasteiger charge is 2.22. The molecule has 10 nitrogen and oxygen atoms in total. The molecular weight excluding hydrogens is 488 g/mol. The number of nitrogens with one attached hydrogen (secondary N) is 1. The lowest BCUT2D eigenvalue weighted by Crippen LogP contribution is -2.38. The summed E-state index contributed by atoms with van der Waals surface area (Å²) in [6.45, 7) is 7.36. The van der Waals surface area contributed by atoms with Crippen molar-refractivity contribution in [2.75, 3.05) is 45.3 Å². The fourth-order valence-electron chi connectivity index (χ4n) is 4.99. The molecule has 1 N–H and O–H groups in total. The number of hydrogen-bond acceptors (Lipinski definition) is 9. The molecule has 0 bridgehead atoms. The second-order valence-electron chi connectivity index (χ2n) is 9.47. The largest absolute Gasteiger partial charge is 0.479 e. The van der Waals surface area contributed by atoms with Crippen LogP contribution >= 0.6 is 11.3 Å². The zero-order chi connectivity index (χ0) is 25.2. The molecule has 2 aliphatic rings. The quantitative estimate of drug-likeness (QED) is 0.374. The third-order valence-corrected chi connectivity index (χ3v) is 7.73. The predicted molar refractivity (Wildman–Crippen MR) is 143 cm³/mol. The van der Waals surface area contributed by atoms with Gasteiger partial charge in [-0.1, -0.05) is 0 Å². The van der Waals surface area contributed by atoms with Gasteiger partial charge in [0.25, 0.3) is 0 Å². The zero-order valence-corrected chi connectivity index (χ0v) is 22.1. The minimum Gasteiger partial charge on any atom is -0.479 e. The first kappa shape index (κ1) is 24.1. The number of anilines is 2. The molecular formula is C26H32N8O2S. The van der Waals surface area contributed by atoms with Crippen LogP contribution in [-0.2, 0) is 24.1 Å². The topological polar surface area (TPSA) is 95.1 Å². The van der Waals surface area contributed by atoms with Gasteiger partial charge >= 0.3 is 0 Å². The van der Waals surface area contributed by atoms with E-state index in [9.17, 15) is 0 Å². The van der Waals surface area contributed by atoms with Crippen molar-refractivity contribution >= 4 is 22.3 Å². The molecule has 0 radical (unpaired) electrons. The molecule has 6 rings (SSSR count). The third kappa shape index (κ3) is 5.11. The van der Waals surface area contributed by atoms with Crippen molar-refractivity contribution < 1.29 is 9.47 Å². The number of ether oxygens (including phenoxy) is 2. The van der Waals surface area contributed by atoms with E-state index < -0.39 is 0 Å². The molecule has 1 aliphatic heterocycles. The number of fused-ring (bicyclic) bond motifs is 1. The fourth-order valence-corrected chi connectivity index (χ4v) is 5.70. The molecule has 4 aromatic heterocycles. The Morgan fingerprint density at radius 3 is 2.76 bits per heavy atom. The summed E-state index contributed by atoms with van der Waals surface area (Å²) in [4.78, 5) is 16.4. The van der Waals surface area contributed by atoms with Crippen LogP contribution in [0.25, 0.3) is 17.1 Å². The molecule has 0 amide bonds. The smallest absolute Gasteiger partial charge is 0.238 e. The molecule has 1 fully saturated rings. The van der Waals surface area contributed by atoms with E-state index >= 15 is 0 Å². The number of rotatable bonds is 8. The monoisotopic (exact) mass is 520 g/mol. The lowest BCUT2D eigenvalue weighted by molar-refractivity contribution is 0.0360. The van der Waals surface area contributed by atoms with Crippen LogP contribution in [-0.4, -0.2) is 74.2 Å². The molecule has 1 saturated heterocycles. The van der Waals surface area contributed by atoms with E-state index in [1.807, 2.05) is 35.2 Å². The first-order valence-electron chi connectivity index (χ1n) is 12.9. The lowest BCUT2D eigenvalue weighted by atomic mass is 9.97. The average Bonchev–Trinajstić information content (AvgIpc) is 3.67. The third-order valence-electron chi connectivity index (χ3n) is 6.97. The van der Waals surface area contributed by atoms with Crippen LogP contribution in [0.3, 0.4) is 0 Å². The van der Waals surface area contributed by atoms with E-state index in [2.05, 4.69) is 19.9 Å². The van der Waals surface area contributed by atoms with E-state index in [-0.39, 0.29) is 0 Å². The van der Waals surface area contributed by atoms with Crippen LogP contribution in [0.2, 0.25) is 0 Å². The summed E-state index contributed by atoms with van der Waals surface area (Å²) >= 11 is 1.58. The van der Waals surface area contributed by atoms with Gasteiger partial charge in [0.2, 0.25) is 5.88 Å². The van der Waals surface area contributed by atoms with Crippen LogP contribution < -0.4 is 10.1 Å². The number of methoxy groups -OCH3 is 1. The molecule has 4 aromatic rings. The highest BCUT2D eigenvalue weighted by Crippen LogP contribution is 2.33. The van der Waals surface area contributed by atoms with Crippen molar-refractivity contribution in [3.63, 3.8) is 0 Å². The maximum absolute atomic E-state index is 5.59. The Kier molecular flexibility index (Phi) is 6.90. The van der Waals surface area contributed by atoms with E-state index in [0.29, 0.717) is 5.88 Å². The number of nitrogens with zero attached hydrogens (tertiary/aromatic N) is 7. The molecule has 37 heavy (non-hydrogen) atoms. The summed E-state index contributed by atoms with van der Waals surface area (Å²) in [5, 5.41) is 11.5. The van der Waals surface area contributed by atoms with Crippen LogP contribution in [0.1, 0.15) is 29.8 Å². The van der Waals surface area contributed by atoms with E-state index in [0.717, 1.165) is 86.0 Å². The summed E-state index contributed by atoms with van der Waals surface area (Å²) in [5.41, 5.74) is 5.93. The number of pyridine rings is 1. The SMILES string of the molecule is COc1nc(-c2csc(Nc3c4c(nn3CCN3CCOCC3)CCCC4)n2)ccc1-n1cnc(C)c1. The summed E-state index contributed by atoms with van der Waals surface area (Å²) in [7, 11) is 1.63. The average molecular weight is 521 g/mol. The van der Waals surface area contributed by atoms with E-state index in [1.165, 1.54) is 24.1 Å². The van der Waals surface area contributed by atoms with Gasteiger partial charge in [0.1, 0.15) is 17.2 Å². The zero-order valence-electron chi connectivity index (χ0n) is 21.3. The van der Waals surface area contributed by atoms with Crippen LogP contribution in [0, 0.1) is 6.92 Å². The van der Waals surface area contributed by atoms with Gasteiger partial charge in [-0.15, -0.1) is 11.3 Å². The number of morpholine rings is 1. The molecule has 5 heterocycles. The van der Waals surface area contributed by atoms with E-state index in [4.69, 9.17) is 24.5 Å². The highest BCUT2D eigenvalue weighted by molar-refractivity contribution is 7.14. The molecule has 11 heteroatoms. The Hall–Kier alpha value is -3.28. The van der Waals surface area contributed by atoms with Crippen LogP contribution in [0.5, 0.6) is 5.88 Å². The van der Waals surface area contributed by atoms with Crippen molar-refractivity contribution in [1.29, 1.82) is 0 Å². The molecule has 1 aliphatic carbocycles. The Morgan fingerprint density at radius 2 is 1.95 bits per heavy atom. The molecule has 0 atom stereocenters. The molecule has 0 spiro atoms. The molecule has 0 aromatic carbocycles. The minimum absolute atomic E-state index is 0.535. The Morgan fingerprint density at radius 1 is 1.08 bits per heavy atom. The Labute approximate surface area is 220 Å². The van der Waals surface area contributed by atoms with Gasteiger partial charge in [-0.2, -0.15) is 5.10 Å². The summed E-state index contributed by atoms with van der Waals surface area (Å²) in [6.07, 6.45) is 8.23. The summed E-state index contributed by atoms with van der Waals surface area (Å²) < 4.78 is 15.2. The van der Waals surface area contributed by atoms with Crippen molar-refractivity contribution in [1.82, 2.24) is 34.2 Å². The van der Waals surface area contributed by atoms with E-state index in [1.54, 1.807) is 24.8 Å². The normalized spacial score (nSPS) is 16.1. The van der Waals surface area contributed by atoms with Crippen LogP contribution in [0.4, 0.5) is 10.9 Å². The number of aromatic nitrogens is 6. The number of imidazole rings is 1. The first-order valence-corrected chi connectivity index (χ1v) is 13.7. The minimum atomic E-state index is 0.535. The Balaban J connectivity index is 1.23. The van der Waals surface area contributed by atoms with Crippen molar-refractivity contribution in [2.45, 2.75) is 39.2 Å². The Bertz CT molecular complexity index is 1370. The number of hydrogen-bond donors (Lipinski definition) is 1.